The van der Waals surface area contributed by atoms with E-state index in [1.807, 2.05) is 18.2 Å². The summed E-state index contributed by atoms with van der Waals surface area (Å²) in [5.41, 5.74) is 1.24. The molecule has 3 rings (SSSR count). The molecule has 1 aliphatic rings. The predicted molar refractivity (Wildman–Crippen MR) is 97.1 cm³/mol. The lowest BCUT2D eigenvalue weighted by Crippen LogP contribution is -2.45. The van der Waals surface area contributed by atoms with E-state index in [9.17, 15) is 0 Å². The van der Waals surface area contributed by atoms with Crippen molar-refractivity contribution in [3.63, 3.8) is 0 Å². The molecule has 0 radical (unpaired) electrons. The third-order valence-electron chi connectivity index (χ3n) is 4.12. The van der Waals surface area contributed by atoms with E-state index in [1.165, 1.54) is 10.4 Å². The fourth-order valence-corrected chi connectivity index (χ4v) is 3.86. The summed E-state index contributed by atoms with van der Waals surface area (Å²) < 4.78 is 11.0. The molecule has 1 unspecified atom stereocenters. The Balaban J connectivity index is 0.00000192. The monoisotopic (exact) mass is 354 g/mol. The van der Waals surface area contributed by atoms with Crippen LogP contribution in [0.5, 0.6) is 11.5 Å². The summed E-state index contributed by atoms with van der Waals surface area (Å²) in [6, 6.07) is 10.7. The van der Waals surface area contributed by atoms with Crippen LogP contribution in [-0.4, -0.2) is 38.8 Å². The van der Waals surface area contributed by atoms with Gasteiger partial charge in [-0.15, -0.1) is 23.7 Å². The zero-order valence-electron chi connectivity index (χ0n) is 13.5. The number of para-hydroxylation sites is 1. The van der Waals surface area contributed by atoms with Gasteiger partial charge in [0.1, 0.15) is 11.5 Å². The third kappa shape index (κ3) is 3.98. The Kier molecular flexibility index (Phi) is 6.72. The van der Waals surface area contributed by atoms with Crippen LogP contribution in [-0.2, 0) is 6.54 Å². The van der Waals surface area contributed by atoms with Gasteiger partial charge < -0.3 is 14.8 Å². The zero-order valence-corrected chi connectivity index (χ0v) is 15.1. The maximum absolute atomic E-state index is 5.55. The number of rotatable bonds is 5. The molecule has 0 spiro atoms. The smallest absolute Gasteiger partial charge is 0.134 e. The second-order valence-corrected chi connectivity index (χ2v) is 6.35. The molecule has 2 aromatic rings. The number of halogens is 1. The Morgan fingerprint density at radius 3 is 2.74 bits per heavy atom. The Morgan fingerprint density at radius 1 is 1.17 bits per heavy atom. The predicted octanol–water partition coefficient (Wildman–Crippen LogP) is 3.33. The Labute approximate surface area is 147 Å². The number of thiophene rings is 1. The number of methoxy groups -OCH3 is 2. The van der Waals surface area contributed by atoms with E-state index in [4.69, 9.17) is 9.47 Å². The molecule has 1 saturated heterocycles. The van der Waals surface area contributed by atoms with Crippen LogP contribution in [0.4, 0.5) is 0 Å². The highest BCUT2D eigenvalue weighted by molar-refractivity contribution is 7.10. The quantitative estimate of drug-likeness (QED) is 0.893. The first-order valence-corrected chi connectivity index (χ1v) is 8.39. The van der Waals surface area contributed by atoms with Gasteiger partial charge in [-0.05, 0) is 17.5 Å². The number of hydrogen-bond donors (Lipinski definition) is 1. The van der Waals surface area contributed by atoms with Crippen LogP contribution in [0.3, 0.4) is 0 Å². The fourth-order valence-electron chi connectivity index (χ4n) is 2.99. The van der Waals surface area contributed by atoms with Crippen molar-refractivity contribution in [1.29, 1.82) is 0 Å². The molecular formula is C17H23ClN2O2S. The Morgan fingerprint density at radius 2 is 1.96 bits per heavy atom. The molecule has 4 nitrogen and oxygen atoms in total. The van der Waals surface area contributed by atoms with Crippen LogP contribution in [0.15, 0.2) is 35.7 Å². The van der Waals surface area contributed by atoms with Crippen LogP contribution in [0, 0.1) is 0 Å². The summed E-state index contributed by atoms with van der Waals surface area (Å²) in [4.78, 5) is 3.78. The highest BCUT2D eigenvalue weighted by Gasteiger charge is 2.27. The second-order valence-electron chi connectivity index (χ2n) is 5.34. The first kappa shape index (κ1) is 18.1. The van der Waals surface area contributed by atoms with Crippen molar-refractivity contribution in [2.75, 3.05) is 33.9 Å². The molecule has 6 heteroatoms. The zero-order chi connectivity index (χ0) is 15.4. The minimum absolute atomic E-state index is 0. The van der Waals surface area contributed by atoms with Crippen molar-refractivity contribution in [3.8, 4) is 11.5 Å². The second kappa shape index (κ2) is 8.55. The van der Waals surface area contributed by atoms with Crippen LogP contribution >= 0.6 is 23.7 Å². The topological polar surface area (TPSA) is 33.7 Å². The largest absolute Gasteiger partial charge is 0.496 e. The van der Waals surface area contributed by atoms with Gasteiger partial charge in [-0.1, -0.05) is 18.2 Å². The molecule has 2 heterocycles. The van der Waals surface area contributed by atoms with Crippen molar-refractivity contribution in [1.82, 2.24) is 10.2 Å². The fraction of sp³-hybridized carbons (Fsp3) is 0.412. The van der Waals surface area contributed by atoms with Crippen molar-refractivity contribution in [3.05, 3.63) is 46.2 Å². The maximum atomic E-state index is 5.55. The normalized spacial score (nSPS) is 18.3. The summed E-state index contributed by atoms with van der Waals surface area (Å²) in [5, 5.41) is 5.59. The standard InChI is InChI=1S/C17H22N2O2S.ClH/c1-20-15-6-4-3-5-13(15)14-11-18-8-9-19(14)12-17-16(21-2)7-10-22-17;/h3-7,10,14,18H,8-9,11-12H2,1-2H3;1H. The summed E-state index contributed by atoms with van der Waals surface area (Å²) in [6.07, 6.45) is 0. The van der Waals surface area contributed by atoms with Crippen molar-refractivity contribution in [2.45, 2.75) is 12.6 Å². The SMILES string of the molecule is COc1ccccc1C1CNCCN1Cc1sccc1OC.Cl. The molecule has 1 aromatic heterocycles. The summed E-state index contributed by atoms with van der Waals surface area (Å²) >= 11 is 1.76. The van der Waals surface area contributed by atoms with E-state index >= 15 is 0 Å². The number of nitrogens with one attached hydrogen (secondary N) is 1. The molecule has 1 aliphatic heterocycles. The highest BCUT2D eigenvalue weighted by Crippen LogP contribution is 2.33. The van der Waals surface area contributed by atoms with Crippen molar-refractivity contribution in [2.24, 2.45) is 0 Å². The minimum atomic E-state index is 0. The summed E-state index contributed by atoms with van der Waals surface area (Å²) in [6.45, 7) is 3.88. The van der Waals surface area contributed by atoms with E-state index in [1.54, 1.807) is 25.6 Å². The van der Waals surface area contributed by atoms with Gasteiger partial charge in [-0.3, -0.25) is 4.90 Å². The Bertz CT molecular complexity index is 620. The lowest BCUT2D eigenvalue weighted by molar-refractivity contribution is 0.151. The van der Waals surface area contributed by atoms with E-state index < -0.39 is 0 Å². The van der Waals surface area contributed by atoms with E-state index in [0.29, 0.717) is 6.04 Å². The van der Waals surface area contributed by atoms with Gasteiger partial charge in [-0.2, -0.15) is 0 Å². The lowest BCUT2D eigenvalue weighted by atomic mass is 10.0. The molecule has 0 aliphatic carbocycles. The Hall–Kier alpha value is -1.27. The lowest BCUT2D eigenvalue weighted by Gasteiger charge is -2.36. The first-order chi connectivity index (χ1) is 10.8. The average molecular weight is 355 g/mol. The van der Waals surface area contributed by atoms with Crippen LogP contribution < -0.4 is 14.8 Å². The van der Waals surface area contributed by atoms with Gasteiger partial charge in [0.05, 0.1) is 25.1 Å². The van der Waals surface area contributed by atoms with Gasteiger partial charge in [0.25, 0.3) is 0 Å². The number of benzene rings is 1. The summed E-state index contributed by atoms with van der Waals surface area (Å²) in [7, 11) is 3.47. The number of ether oxygens (including phenoxy) is 2. The van der Waals surface area contributed by atoms with Crippen LogP contribution in [0.2, 0.25) is 0 Å². The molecule has 1 atom stereocenters. The van der Waals surface area contributed by atoms with Crippen LogP contribution in [0.25, 0.3) is 0 Å². The van der Waals surface area contributed by atoms with Gasteiger partial charge in [0.2, 0.25) is 0 Å². The molecule has 1 fully saturated rings. The van der Waals surface area contributed by atoms with E-state index in [0.717, 1.165) is 37.7 Å². The average Bonchev–Trinajstić information content (AvgIpc) is 3.02. The number of nitrogens with zero attached hydrogens (tertiary/aromatic N) is 1. The maximum Gasteiger partial charge on any atom is 0.134 e. The van der Waals surface area contributed by atoms with Gasteiger partial charge in [0.15, 0.2) is 0 Å². The van der Waals surface area contributed by atoms with E-state index in [-0.39, 0.29) is 12.4 Å². The molecule has 23 heavy (non-hydrogen) atoms. The first-order valence-electron chi connectivity index (χ1n) is 7.51. The van der Waals surface area contributed by atoms with Gasteiger partial charge in [0, 0.05) is 31.7 Å². The van der Waals surface area contributed by atoms with Crippen molar-refractivity contribution < 1.29 is 9.47 Å². The van der Waals surface area contributed by atoms with Crippen molar-refractivity contribution >= 4 is 23.7 Å². The molecule has 1 aromatic carbocycles. The molecule has 0 amide bonds. The van der Waals surface area contributed by atoms with Crippen LogP contribution in [0.1, 0.15) is 16.5 Å². The number of hydrogen-bond acceptors (Lipinski definition) is 5. The number of piperazine rings is 1. The molecule has 0 saturated carbocycles. The minimum Gasteiger partial charge on any atom is -0.496 e. The molecule has 0 bridgehead atoms. The van der Waals surface area contributed by atoms with E-state index in [2.05, 4.69) is 27.7 Å². The molecular weight excluding hydrogens is 332 g/mol. The highest BCUT2D eigenvalue weighted by atomic mass is 35.5. The summed E-state index contributed by atoms with van der Waals surface area (Å²) in [5.74, 6) is 1.95. The molecule has 1 N–H and O–H groups in total. The van der Waals surface area contributed by atoms with Gasteiger partial charge in [-0.25, -0.2) is 0 Å². The third-order valence-corrected chi connectivity index (χ3v) is 5.01. The van der Waals surface area contributed by atoms with Gasteiger partial charge >= 0.3 is 0 Å². The molecule has 126 valence electrons.